The Kier molecular flexibility index (Phi) is 5.94. The predicted octanol–water partition coefficient (Wildman–Crippen LogP) is 2.76. The molecule has 25 heavy (non-hydrogen) atoms. The van der Waals surface area contributed by atoms with Crippen LogP contribution in [0.4, 0.5) is 5.69 Å². The first-order valence-electron chi connectivity index (χ1n) is 7.20. The maximum absolute atomic E-state index is 11.9. The third kappa shape index (κ3) is 5.54. The first kappa shape index (κ1) is 17.8. The second-order valence-electron chi connectivity index (χ2n) is 4.95. The van der Waals surface area contributed by atoms with Crippen molar-refractivity contribution in [1.29, 1.82) is 0 Å². The first-order valence-corrected chi connectivity index (χ1v) is 7.20. The molecule has 0 unspecified atom stereocenters. The number of anilines is 1. The minimum Gasteiger partial charge on any atom is -0.504 e. The van der Waals surface area contributed by atoms with Crippen LogP contribution in [0.3, 0.4) is 0 Å². The Hall–Kier alpha value is -3.55. The van der Waals surface area contributed by atoms with Crippen molar-refractivity contribution >= 4 is 17.7 Å². The van der Waals surface area contributed by atoms with Gasteiger partial charge in [-0.25, -0.2) is 0 Å². The Morgan fingerprint density at radius 3 is 2.80 bits per heavy atom. The van der Waals surface area contributed by atoms with Crippen molar-refractivity contribution in [3.63, 3.8) is 0 Å². The number of amides is 1. The standard InChI is InChI=1S/C17H16N2O6/c1-24-16-7-5-12(10-15(16)20)6-8-17(21)18-14-4-2-3-13(9-14)11-25-19(22)23/h2-10,20H,11H2,1H3,(H,18,21). The van der Waals surface area contributed by atoms with E-state index in [4.69, 9.17) is 4.74 Å². The zero-order valence-corrected chi connectivity index (χ0v) is 13.3. The zero-order valence-electron chi connectivity index (χ0n) is 13.3. The van der Waals surface area contributed by atoms with Crippen molar-refractivity contribution < 1.29 is 24.6 Å². The van der Waals surface area contributed by atoms with Gasteiger partial charge in [-0.1, -0.05) is 18.2 Å². The minimum absolute atomic E-state index is 0.0245. The lowest BCUT2D eigenvalue weighted by Crippen LogP contribution is -2.08. The Labute approximate surface area is 143 Å². The number of rotatable bonds is 7. The van der Waals surface area contributed by atoms with Crippen LogP contribution in [0.15, 0.2) is 48.5 Å². The summed E-state index contributed by atoms with van der Waals surface area (Å²) in [6, 6.07) is 11.3. The summed E-state index contributed by atoms with van der Waals surface area (Å²) in [7, 11) is 1.45. The predicted molar refractivity (Wildman–Crippen MR) is 90.5 cm³/mol. The molecule has 2 rings (SSSR count). The van der Waals surface area contributed by atoms with E-state index in [0.29, 0.717) is 22.6 Å². The molecular formula is C17H16N2O6. The maximum Gasteiger partial charge on any atom is 0.294 e. The summed E-state index contributed by atoms with van der Waals surface area (Å²) in [6.07, 6.45) is 2.84. The topological polar surface area (TPSA) is 111 Å². The normalized spacial score (nSPS) is 10.4. The molecule has 0 bridgehead atoms. The molecule has 0 fully saturated rings. The molecule has 0 atom stereocenters. The molecular weight excluding hydrogens is 328 g/mol. The van der Waals surface area contributed by atoms with Gasteiger partial charge in [-0.2, -0.15) is 0 Å². The highest BCUT2D eigenvalue weighted by atomic mass is 16.9. The third-order valence-corrected chi connectivity index (χ3v) is 3.16. The molecule has 0 aromatic heterocycles. The highest BCUT2D eigenvalue weighted by Gasteiger charge is 2.03. The first-order chi connectivity index (χ1) is 12.0. The van der Waals surface area contributed by atoms with Gasteiger partial charge in [0.05, 0.1) is 7.11 Å². The third-order valence-electron chi connectivity index (χ3n) is 3.16. The molecule has 8 nitrogen and oxygen atoms in total. The Morgan fingerprint density at radius 2 is 2.12 bits per heavy atom. The summed E-state index contributed by atoms with van der Waals surface area (Å²) < 4.78 is 4.94. The van der Waals surface area contributed by atoms with Crippen LogP contribution < -0.4 is 10.1 Å². The van der Waals surface area contributed by atoms with E-state index in [1.165, 1.54) is 25.3 Å². The molecule has 0 aliphatic heterocycles. The van der Waals surface area contributed by atoms with Crippen LogP contribution in [0.5, 0.6) is 11.5 Å². The molecule has 8 heteroatoms. The van der Waals surface area contributed by atoms with Crippen molar-refractivity contribution in [3.05, 3.63) is 69.8 Å². The van der Waals surface area contributed by atoms with Gasteiger partial charge in [0.15, 0.2) is 11.5 Å². The second-order valence-corrected chi connectivity index (χ2v) is 4.95. The minimum atomic E-state index is -0.877. The van der Waals surface area contributed by atoms with Gasteiger partial charge in [0.1, 0.15) is 6.61 Å². The summed E-state index contributed by atoms with van der Waals surface area (Å²) >= 11 is 0. The van der Waals surface area contributed by atoms with Crippen LogP contribution in [0.25, 0.3) is 6.08 Å². The molecule has 0 saturated carbocycles. The fourth-order valence-corrected chi connectivity index (χ4v) is 2.03. The Morgan fingerprint density at radius 1 is 1.32 bits per heavy atom. The molecule has 2 aromatic carbocycles. The van der Waals surface area contributed by atoms with Gasteiger partial charge >= 0.3 is 0 Å². The largest absolute Gasteiger partial charge is 0.504 e. The van der Waals surface area contributed by atoms with Gasteiger partial charge in [0.2, 0.25) is 5.91 Å². The number of nitrogens with zero attached hydrogens (tertiary/aromatic N) is 1. The molecule has 0 saturated heterocycles. The van der Waals surface area contributed by atoms with Gasteiger partial charge in [-0.05, 0) is 41.5 Å². The molecule has 1 amide bonds. The van der Waals surface area contributed by atoms with E-state index in [9.17, 15) is 20.0 Å². The molecule has 2 aromatic rings. The molecule has 0 heterocycles. The van der Waals surface area contributed by atoms with Gasteiger partial charge in [-0.15, -0.1) is 10.1 Å². The average Bonchev–Trinajstić information content (AvgIpc) is 2.58. The highest BCUT2D eigenvalue weighted by Crippen LogP contribution is 2.26. The summed E-state index contributed by atoms with van der Waals surface area (Å²) in [4.78, 5) is 26.4. The highest BCUT2D eigenvalue weighted by molar-refractivity contribution is 6.02. The molecule has 0 aliphatic rings. The van der Waals surface area contributed by atoms with Crippen LogP contribution >= 0.6 is 0 Å². The number of hydrogen-bond acceptors (Lipinski definition) is 6. The van der Waals surface area contributed by atoms with E-state index in [2.05, 4.69) is 10.2 Å². The van der Waals surface area contributed by atoms with E-state index < -0.39 is 5.09 Å². The quantitative estimate of drug-likeness (QED) is 0.454. The van der Waals surface area contributed by atoms with Crippen molar-refractivity contribution in [3.8, 4) is 11.5 Å². The van der Waals surface area contributed by atoms with E-state index in [0.717, 1.165) is 0 Å². The van der Waals surface area contributed by atoms with Gasteiger partial charge in [0, 0.05) is 11.8 Å². The number of ether oxygens (including phenoxy) is 1. The number of carbonyl (C=O) groups excluding carboxylic acids is 1. The van der Waals surface area contributed by atoms with Crippen LogP contribution in [-0.2, 0) is 16.2 Å². The Bertz CT molecular complexity index is 803. The summed E-state index contributed by atoms with van der Waals surface area (Å²) in [5.74, 6) is -0.0680. The van der Waals surface area contributed by atoms with Gasteiger partial charge in [-0.3, -0.25) is 4.79 Å². The Balaban J connectivity index is 1.98. The summed E-state index contributed by atoms with van der Waals surface area (Å²) in [5.41, 5.74) is 1.66. The molecule has 0 aliphatic carbocycles. The van der Waals surface area contributed by atoms with E-state index in [1.807, 2.05) is 0 Å². The summed E-state index contributed by atoms with van der Waals surface area (Å²) in [5, 5.41) is 21.7. The summed E-state index contributed by atoms with van der Waals surface area (Å²) in [6.45, 7) is -0.197. The van der Waals surface area contributed by atoms with Crippen molar-refractivity contribution in [2.75, 3.05) is 12.4 Å². The van der Waals surface area contributed by atoms with Crippen molar-refractivity contribution in [2.24, 2.45) is 0 Å². The molecule has 0 spiro atoms. The van der Waals surface area contributed by atoms with Crippen molar-refractivity contribution in [1.82, 2.24) is 0 Å². The zero-order chi connectivity index (χ0) is 18.2. The molecule has 2 N–H and O–H groups in total. The second kappa shape index (κ2) is 8.34. The SMILES string of the molecule is COc1ccc(C=CC(=O)Nc2cccc(CO[N+](=O)[O-])c2)cc1O. The number of phenols is 1. The fraction of sp³-hybridized carbons (Fsp3) is 0.118. The number of phenolic OH excluding ortho intramolecular Hbond substituents is 1. The van der Waals surface area contributed by atoms with E-state index in [-0.39, 0.29) is 18.3 Å². The lowest BCUT2D eigenvalue weighted by molar-refractivity contribution is -0.763. The van der Waals surface area contributed by atoms with Gasteiger partial charge < -0.3 is 20.0 Å². The average molecular weight is 344 g/mol. The lowest BCUT2D eigenvalue weighted by Gasteiger charge is -2.05. The van der Waals surface area contributed by atoms with E-state index in [1.54, 1.807) is 36.4 Å². The number of hydrogen-bond donors (Lipinski definition) is 2. The van der Waals surface area contributed by atoms with Crippen LogP contribution in [0.2, 0.25) is 0 Å². The van der Waals surface area contributed by atoms with E-state index >= 15 is 0 Å². The monoisotopic (exact) mass is 344 g/mol. The van der Waals surface area contributed by atoms with Crippen LogP contribution in [-0.4, -0.2) is 23.2 Å². The number of methoxy groups -OCH3 is 1. The van der Waals surface area contributed by atoms with Crippen molar-refractivity contribution in [2.45, 2.75) is 6.61 Å². The lowest BCUT2D eigenvalue weighted by atomic mass is 10.2. The molecule has 130 valence electrons. The smallest absolute Gasteiger partial charge is 0.294 e. The van der Waals surface area contributed by atoms with Crippen LogP contribution in [0.1, 0.15) is 11.1 Å². The number of nitrogens with one attached hydrogen (secondary N) is 1. The van der Waals surface area contributed by atoms with Crippen LogP contribution in [0, 0.1) is 10.1 Å². The fourth-order valence-electron chi connectivity index (χ4n) is 2.03. The maximum atomic E-state index is 11.9. The number of aromatic hydroxyl groups is 1. The number of carbonyl (C=O) groups is 1. The number of benzene rings is 2. The molecule has 0 radical (unpaired) electrons. The van der Waals surface area contributed by atoms with Gasteiger partial charge in [0.25, 0.3) is 5.09 Å².